The molecule has 130 valence electrons. The summed E-state index contributed by atoms with van der Waals surface area (Å²) in [6, 6.07) is 8.29. The van der Waals surface area contributed by atoms with Crippen LogP contribution in [0, 0.1) is 5.92 Å². The molecule has 0 atom stereocenters. The minimum atomic E-state index is 0.0198. The van der Waals surface area contributed by atoms with Crippen molar-refractivity contribution in [3.05, 3.63) is 35.4 Å². The Bertz CT molecular complexity index is 579. The molecule has 1 aromatic carbocycles. The first-order valence-electron chi connectivity index (χ1n) is 9.33. The quantitative estimate of drug-likeness (QED) is 0.903. The molecule has 2 amide bonds. The summed E-state index contributed by atoms with van der Waals surface area (Å²) in [5, 5.41) is 3.02. The van der Waals surface area contributed by atoms with E-state index in [0.29, 0.717) is 25.3 Å². The van der Waals surface area contributed by atoms with Gasteiger partial charge in [0.1, 0.15) is 0 Å². The minimum absolute atomic E-state index is 0.0198. The van der Waals surface area contributed by atoms with E-state index in [1.54, 1.807) is 0 Å². The van der Waals surface area contributed by atoms with E-state index >= 15 is 0 Å². The minimum Gasteiger partial charge on any atom is -0.356 e. The monoisotopic (exact) mass is 328 g/mol. The highest BCUT2D eigenvalue weighted by molar-refractivity contribution is 5.83. The molecule has 1 aliphatic heterocycles. The van der Waals surface area contributed by atoms with Gasteiger partial charge in [-0.1, -0.05) is 43.5 Å². The van der Waals surface area contributed by atoms with Crippen molar-refractivity contribution in [3.63, 3.8) is 0 Å². The maximum Gasteiger partial charge on any atom is 0.223 e. The van der Waals surface area contributed by atoms with Crippen molar-refractivity contribution in [3.8, 4) is 0 Å². The fourth-order valence-electron chi connectivity index (χ4n) is 3.83. The molecule has 1 fully saturated rings. The second-order valence-corrected chi connectivity index (χ2v) is 7.14. The van der Waals surface area contributed by atoms with Gasteiger partial charge in [0, 0.05) is 32.5 Å². The molecule has 0 saturated heterocycles. The molecule has 1 aromatic rings. The Morgan fingerprint density at radius 2 is 1.79 bits per heavy atom. The van der Waals surface area contributed by atoms with Gasteiger partial charge >= 0.3 is 0 Å². The van der Waals surface area contributed by atoms with Crippen LogP contribution in [0.25, 0.3) is 0 Å². The van der Waals surface area contributed by atoms with Gasteiger partial charge in [-0.25, -0.2) is 0 Å². The molecule has 0 unspecified atom stereocenters. The standard InChI is InChI=1S/C20H28N2O2/c23-19(21-14-16-6-2-1-3-7-16)10-11-20(24)22-13-12-17-8-4-5-9-18(17)15-22/h4-5,8-9,16H,1-3,6-7,10-15H2,(H,21,23). The van der Waals surface area contributed by atoms with Crippen LogP contribution in [0.5, 0.6) is 0 Å². The fourth-order valence-corrected chi connectivity index (χ4v) is 3.83. The summed E-state index contributed by atoms with van der Waals surface area (Å²) in [7, 11) is 0. The van der Waals surface area contributed by atoms with Crippen LogP contribution < -0.4 is 5.32 Å². The van der Waals surface area contributed by atoms with Crippen molar-refractivity contribution in [2.45, 2.75) is 57.9 Å². The molecule has 0 aromatic heterocycles. The first-order valence-corrected chi connectivity index (χ1v) is 9.33. The van der Waals surface area contributed by atoms with Crippen LogP contribution in [0.1, 0.15) is 56.1 Å². The Morgan fingerprint density at radius 3 is 2.58 bits per heavy atom. The van der Waals surface area contributed by atoms with Crippen molar-refractivity contribution >= 4 is 11.8 Å². The molecule has 0 bridgehead atoms. The first-order chi connectivity index (χ1) is 11.7. The zero-order chi connectivity index (χ0) is 16.8. The van der Waals surface area contributed by atoms with Gasteiger partial charge < -0.3 is 10.2 Å². The number of rotatable bonds is 5. The Labute approximate surface area is 144 Å². The Kier molecular flexibility index (Phi) is 5.89. The van der Waals surface area contributed by atoms with Gasteiger partial charge in [0.15, 0.2) is 0 Å². The number of nitrogens with zero attached hydrogens (tertiary/aromatic N) is 1. The lowest BCUT2D eigenvalue weighted by Gasteiger charge is -2.29. The smallest absolute Gasteiger partial charge is 0.223 e. The van der Waals surface area contributed by atoms with Gasteiger partial charge in [0.2, 0.25) is 11.8 Å². The van der Waals surface area contributed by atoms with E-state index in [-0.39, 0.29) is 11.8 Å². The summed E-state index contributed by atoms with van der Waals surface area (Å²) in [6.07, 6.45) is 7.90. The second kappa shape index (κ2) is 8.32. The Hall–Kier alpha value is -1.84. The van der Waals surface area contributed by atoms with Crippen LogP contribution in [0.3, 0.4) is 0 Å². The Morgan fingerprint density at radius 1 is 1.04 bits per heavy atom. The van der Waals surface area contributed by atoms with Gasteiger partial charge in [0.25, 0.3) is 0 Å². The van der Waals surface area contributed by atoms with Crippen LogP contribution in [0.2, 0.25) is 0 Å². The van der Waals surface area contributed by atoms with Gasteiger partial charge in [0.05, 0.1) is 0 Å². The van der Waals surface area contributed by atoms with Crippen LogP contribution in [-0.4, -0.2) is 29.8 Å². The zero-order valence-electron chi connectivity index (χ0n) is 14.4. The van der Waals surface area contributed by atoms with E-state index in [1.165, 1.54) is 43.2 Å². The SMILES string of the molecule is O=C(CCC(=O)N1CCc2ccccc2C1)NCC1CCCCC1. The molecule has 0 spiro atoms. The van der Waals surface area contributed by atoms with Gasteiger partial charge in [-0.3, -0.25) is 9.59 Å². The highest BCUT2D eigenvalue weighted by Gasteiger charge is 2.21. The van der Waals surface area contributed by atoms with Gasteiger partial charge in [-0.05, 0) is 36.3 Å². The largest absolute Gasteiger partial charge is 0.356 e. The van der Waals surface area contributed by atoms with Crippen molar-refractivity contribution in [1.29, 1.82) is 0 Å². The second-order valence-electron chi connectivity index (χ2n) is 7.14. The third-order valence-electron chi connectivity index (χ3n) is 5.36. The van der Waals surface area contributed by atoms with E-state index in [4.69, 9.17) is 0 Å². The third kappa shape index (κ3) is 4.59. The number of carbonyl (C=O) groups excluding carboxylic acids is 2. The highest BCUT2D eigenvalue weighted by atomic mass is 16.2. The summed E-state index contributed by atoms with van der Waals surface area (Å²) >= 11 is 0. The van der Waals surface area contributed by atoms with Crippen molar-refractivity contribution < 1.29 is 9.59 Å². The summed E-state index contributed by atoms with van der Waals surface area (Å²) in [4.78, 5) is 26.2. The normalized spacial score (nSPS) is 18.1. The molecule has 2 aliphatic rings. The molecule has 4 nitrogen and oxygen atoms in total. The number of fused-ring (bicyclic) bond motifs is 1. The lowest BCUT2D eigenvalue weighted by molar-refractivity contribution is -0.134. The van der Waals surface area contributed by atoms with Crippen molar-refractivity contribution in [2.24, 2.45) is 5.92 Å². The molecule has 4 heteroatoms. The number of nitrogens with one attached hydrogen (secondary N) is 1. The molecule has 3 rings (SSSR count). The average Bonchev–Trinajstić information content (AvgIpc) is 2.65. The lowest BCUT2D eigenvalue weighted by atomic mass is 9.89. The topological polar surface area (TPSA) is 49.4 Å². The lowest BCUT2D eigenvalue weighted by Crippen LogP contribution is -2.37. The summed E-state index contributed by atoms with van der Waals surface area (Å²) in [5.74, 6) is 0.751. The number of carbonyl (C=O) groups is 2. The zero-order valence-corrected chi connectivity index (χ0v) is 14.4. The number of amides is 2. The van der Waals surface area contributed by atoms with Crippen LogP contribution in [0.4, 0.5) is 0 Å². The van der Waals surface area contributed by atoms with Crippen molar-refractivity contribution in [2.75, 3.05) is 13.1 Å². The van der Waals surface area contributed by atoms with Crippen LogP contribution in [0.15, 0.2) is 24.3 Å². The molecular weight excluding hydrogens is 300 g/mol. The van der Waals surface area contributed by atoms with E-state index in [1.807, 2.05) is 17.0 Å². The van der Waals surface area contributed by atoms with E-state index in [0.717, 1.165) is 19.5 Å². The first kappa shape index (κ1) is 17.0. The van der Waals surface area contributed by atoms with Crippen molar-refractivity contribution in [1.82, 2.24) is 10.2 Å². The molecule has 24 heavy (non-hydrogen) atoms. The van der Waals surface area contributed by atoms with E-state index < -0.39 is 0 Å². The molecule has 1 saturated carbocycles. The number of hydrogen-bond acceptors (Lipinski definition) is 2. The van der Waals surface area contributed by atoms with Crippen LogP contribution >= 0.6 is 0 Å². The maximum atomic E-state index is 12.4. The van der Waals surface area contributed by atoms with E-state index in [9.17, 15) is 9.59 Å². The highest BCUT2D eigenvalue weighted by Crippen LogP contribution is 2.23. The van der Waals surface area contributed by atoms with Gasteiger partial charge in [-0.15, -0.1) is 0 Å². The summed E-state index contributed by atoms with van der Waals surface area (Å²) in [5.41, 5.74) is 2.57. The van der Waals surface area contributed by atoms with E-state index in [2.05, 4.69) is 17.4 Å². The molecular formula is C20H28N2O2. The third-order valence-corrected chi connectivity index (χ3v) is 5.36. The molecule has 0 radical (unpaired) electrons. The fraction of sp³-hybridized carbons (Fsp3) is 0.600. The average molecular weight is 328 g/mol. The predicted octanol–water partition coefficient (Wildman–Crippen LogP) is 3.05. The van der Waals surface area contributed by atoms with Gasteiger partial charge in [-0.2, -0.15) is 0 Å². The Balaban J connectivity index is 1.38. The molecule has 1 aliphatic carbocycles. The number of benzene rings is 1. The number of hydrogen-bond donors (Lipinski definition) is 1. The van der Waals surface area contributed by atoms with Crippen LogP contribution in [-0.2, 0) is 22.6 Å². The summed E-state index contributed by atoms with van der Waals surface area (Å²) in [6.45, 7) is 2.22. The molecule has 1 heterocycles. The molecule has 1 N–H and O–H groups in total. The summed E-state index contributed by atoms with van der Waals surface area (Å²) < 4.78 is 0. The predicted molar refractivity (Wildman–Crippen MR) is 94.4 cm³/mol. The maximum absolute atomic E-state index is 12.4.